The topological polar surface area (TPSA) is 58.2 Å². The van der Waals surface area contributed by atoms with Gasteiger partial charge in [-0.05, 0) is 62.6 Å². The number of benzene rings is 2. The molecule has 4 nitrogen and oxygen atoms in total. The van der Waals surface area contributed by atoms with Crippen molar-refractivity contribution in [3.05, 3.63) is 63.1 Å². The molecular weight excluding hydrogens is 371 g/mol. The molecule has 0 spiro atoms. The van der Waals surface area contributed by atoms with Crippen molar-refractivity contribution in [2.75, 3.05) is 5.32 Å². The summed E-state index contributed by atoms with van der Waals surface area (Å²) in [6, 6.07) is 10.7. The minimum Gasteiger partial charge on any atom is -0.350 e. The van der Waals surface area contributed by atoms with E-state index in [1.165, 1.54) is 0 Å². The van der Waals surface area contributed by atoms with E-state index in [0.29, 0.717) is 27.7 Å². The van der Waals surface area contributed by atoms with Crippen molar-refractivity contribution in [2.45, 2.75) is 39.7 Å². The van der Waals surface area contributed by atoms with Gasteiger partial charge in [0.05, 0.1) is 10.0 Å². The van der Waals surface area contributed by atoms with Crippen LogP contribution in [0.4, 0.5) is 5.69 Å². The Morgan fingerprint density at radius 3 is 2.50 bits per heavy atom. The highest BCUT2D eigenvalue weighted by molar-refractivity contribution is 6.42. The Bertz CT molecular complexity index is 819. The fourth-order valence-electron chi connectivity index (χ4n) is 2.55. The van der Waals surface area contributed by atoms with E-state index in [0.717, 1.165) is 11.1 Å². The van der Waals surface area contributed by atoms with Gasteiger partial charge in [-0.25, -0.2) is 0 Å². The van der Waals surface area contributed by atoms with Gasteiger partial charge in [-0.3, -0.25) is 9.59 Å². The number of aryl methyl sites for hydroxylation is 2. The van der Waals surface area contributed by atoms with E-state index in [1.54, 1.807) is 24.3 Å². The van der Waals surface area contributed by atoms with Gasteiger partial charge >= 0.3 is 0 Å². The summed E-state index contributed by atoms with van der Waals surface area (Å²) in [6.45, 7) is 5.67. The molecule has 2 rings (SSSR count). The van der Waals surface area contributed by atoms with Crippen molar-refractivity contribution in [3.63, 3.8) is 0 Å². The zero-order valence-electron chi connectivity index (χ0n) is 15.0. The Morgan fingerprint density at radius 1 is 1.12 bits per heavy atom. The van der Waals surface area contributed by atoms with Gasteiger partial charge < -0.3 is 10.6 Å². The Labute approximate surface area is 163 Å². The van der Waals surface area contributed by atoms with Crippen LogP contribution in [0.1, 0.15) is 41.8 Å². The molecule has 0 unspecified atom stereocenters. The first-order valence-corrected chi connectivity index (χ1v) is 9.17. The van der Waals surface area contributed by atoms with Crippen LogP contribution in [0.5, 0.6) is 0 Å². The molecule has 0 saturated heterocycles. The largest absolute Gasteiger partial charge is 0.350 e. The van der Waals surface area contributed by atoms with E-state index in [9.17, 15) is 9.59 Å². The van der Waals surface area contributed by atoms with E-state index >= 15 is 0 Å². The summed E-state index contributed by atoms with van der Waals surface area (Å²) in [5.74, 6) is -0.245. The molecule has 0 saturated carbocycles. The fraction of sp³-hybridized carbons (Fsp3) is 0.300. The maximum atomic E-state index is 12.2. The second kappa shape index (κ2) is 9.06. The van der Waals surface area contributed by atoms with Gasteiger partial charge in [-0.1, -0.05) is 35.3 Å². The lowest BCUT2D eigenvalue weighted by atomic mass is 10.1. The summed E-state index contributed by atoms with van der Waals surface area (Å²) >= 11 is 12.1. The molecule has 0 aliphatic rings. The van der Waals surface area contributed by atoms with Gasteiger partial charge in [-0.2, -0.15) is 0 Å². The smallest absolute Gasteiger partial charge is 0.251 e. The first-order valence-electron chi connectivity index (χ1n) is 8.42. The first-order chi connectivity index (χ1) is 12.3. The standard InChI is InChI=1S/C20H22Cl2N2O2/c1-12(2)23-20(26)16-9-8-15(11-13(16)3)24-18(25)10-7-14-5-4-6-17(21)19(14)22/h4-6,8-9,11-12H,7,10H2,1-3H3,(H,23,26)(H,24,25). The summed E-state index contributed by atoms with van der Waals surface area (Å²) in [5, 5.41) is 6.67. The van der Waals surface area contributed by atoms with E-state index in [-0.39, 0.29) is 24.3 Å². The summed E-state index contributed by atoms with van der Waals surface area (Å²) in [7, 11) is 0. The van der Waals surface area contributed by atoms with Crippen LogP contribution in [0.3, 0.4) is 0 Å². The van der Waals surface area contributed by atoms with E-state index < -0.39 is 0 Å². The van der Waals surface area contributed by atoms with Crippen LogP contribution in [0.2, 0.25) is 10.0 Å². The SMILES string of the molecule is Cc1cc(NC(=O)CCc2cccc(Cl)c2Cl)ccc1C(=O)NC(C)C. The second-order valence-electron chi connectivity index (χ2n) is 6.42. The molecule has 0 bridgehead atoms. The minimum absolute atomic E-state index is 0.0691. The van der Waals surface area contributed by atoms with E-state index in [1.807, 2.05) is 32.9 Å². The zero-order chi connectivity index (χ0) is 19.3. The number of carbonyl (C=O) groups is 2. The van der Waals surface area contributed by atoms with E-state index in [4.69, 9.17) is 23.2 Å². The quantitative estimate of drug-likeness (QED) is 0.725. The van der Waals surface area contributed by atoms with Gasteiger partial charge in [0, 0.05) is 23.7 Å². The van der Waals surface area contributed by atoms with Gasteiger partial charge in [0.25, 0.3) is 5.91 Å². The summed E-state index contributed by atoms with van der Waals surface area (Å²) < 4.78 is 0. The third-order valence-electron chi connectivity index (χ3n) is 3.83. The maximum absolute atomic E-state index is 12.2. The molecule has 0 heterocycles. The van der Waals surface area contributed by atoms with Crippen molar-refractivity contribution >= 4 is 40.7 Å². The molecule has 0 aliphatic carbocycles. The molecule has 6 heteroatoms. The number of halogens is 2. The number of amides is 2. The highest BCUT2D eigenvalue weighted by Gasteiger charge is 2.12. The monoisotopic (exact) mass is 392 g/mol. The lowest BCUT2D eigenvalue weighted by Gasteiger charge is -2.12. The van der Waals surface area contributed by atoms with Crippen LogP contribution in [-0.2, 0) is 11.2 Å². The molecule has 2 amide bonds. The zero-order valence-corrected chi connectivity index (χ0v) is 16.5. The maximum Gasteiger partial charge on any atom is 0.251 e. The van der Waals surface area contributed by atoms with Crippen molar-refractivity contribution in [1.29, 1.82) is 0 Å². The third kappa shape index (κ3) is 5.48. The number of hydrogen-bond acceptors (Lipinski definition) is 2. The Morgan fingerprint density at radius 2 is 1.85 bits per heavy atom. The van der Waals surface area contributed by atoms with Gasteiger partial charge in [0.2, 0.25) is 5.91 Å². The average Bonchev–Trinajstić information content (AvgIpc) is 2.55. The molecule has 0 atom stereocenters. The van der Waals surface area contributed by atoms with Crippen LogP contribution in [0.25, 0.3) is 0 Å². The predicted octanol–water partition coefficient (Wildman–Crippen LogP) is 5.01. The lowest BCUT2D eigenvalue weighted by molar-refractivity contribution is -0.116. The predicted molar refractivity (Wildman–Crippen MR) is 107 cm³/mol. The molecule has 26 heavy (non-hydrogen) atoms. The van der Waals surface area contributed by atoms with Crippen LogP contribution in [0.15, 0.2) is 36.4 Å². The van der Waals surface area contributed by atoms with Crippen molar-refractivity contribution in [2.24, 2.45) is 0 Å². The van der Waals surface area contributed by atoms with Gasteiger partial charge in [0.1, 0.15) is 0 Å². The third-order valence-corrected chi connectivity index (χ3v) is 4.69. The van der Waals surface area contributed by atoms with E-state index in [2.05, 4.69) is 10.6 Å². The van der Waals surface area contributed by atoms with Crippen LogP contribution in [-0.4, -0.2) is 17.9 Å². The summed E-state index contributed by atoms with van der Waals surface area (Å²) in [4.78, 5) is 24.3. The van der Waals surface area contributed by atoms with Crippen molar-refractivity contribution < 1.29 is 9.59 Å². The van der Waals surface area contributed by atoms with Crippen LogP contribution >= 0.6 is 23.2 Å². The summed E-state index contributed by atoms with van der Waals surface area (Å²) in [5.41, 5.74) is 2.90. The van der Waals surface area contributed by atoms with Crippen molar-refractivity contribution in [1.82, 2.24) is 5.32 Å². The Balaban J connectivity index is 1.98. The number of anilines is 1. The first kappa shape index (κ1) is 20.3. The highest BCUT2D eigenvalue weighted by Crippen LogP contribution is 2.26. The molecule has 138 valence electrons. The summed E-state index contributed by atoms with van der Waals surface area (Å²) in [6.07, 6.45) is 0.785. The normalized spacial score (nSPS) is 10.7. The molecule has 0 aliphatic heterocycles. The number of hydrogen-bond donors (Lipinski definition) is 2. The molecule has 0 fully saturated rings. The Hall–Kier alpha value is -2.04. The van der Waals surface area contributed by atoms with Gasteiger partial charge in [-0.15, -0.1) is 0 Å². The Kier molecular flexibility index (Phi) is 7.06. The molecule has 0 radical (unpaired) electrons. The molecule has 2 N–H and O–H groups in total. The number of rotatable bonds is 6. The number of carbonyl (C=O) groups excluding carboxylic acids is 2. The molecule has 0 aromatic heterocycles. The number of nitrogens with one attached hydrogen (secondary N) is 2. The minimum atomic E-state index is -0.125. The fourth-order valence-corrected chi connectivity index (χ4v) is 2.96. The lowest BCUT2D eigenvalue weighted by Crippen LogP contribution is -2.30. The molecule has 2 aromatic rings. The molecule has 2 aromatic carbocycles. The molecular formula is C20H22Cl2N2O2. The highest BCUT2D eigenvalue weighted by atomic mass is 35.5. The second-order valence-corrected chi connectivity index (χ2v) is 7.20. The van der Waals surface area contributed by atoms with Crippen molar-refractivity contribution in [3.8, 4) is 0 Å². The van der Waals surface area contributed by atoms with Gasteiger partial charge in [0.15, 0.2) is 0 Å². The van der Waals surface area contributed by atoms with Crippen LogP contribution in [0, 0.1) is 6.92 Å². The van der Waals surface area contributed by atoms with Crippen LogP contribution < -0.4 is 10.6 Å². The average molecular weight is 393 g/mol.